The van der Waals surface area contributed by atoms with E-state index in [9.17, 15) is 4.79 Å². The standard InChI is InChI=1S/C24H23BrN2O2/c1-16-13-19-21(26-29-23(28)18-11-7-8-12-20(18)25)14-24(2,3)15-22(19)27(16)17-9-5-4-6-10-17/h4-13H,14-15H2,1-3H3/b26-21+. The zero-order valence-electron chi connectivity index (χ0n) is 16.8. The van der Waals surface area contributed by atoms with Gasteiger partial charge in [0.05, 0.1) is 11.3 Å². The number of para-hydroxylation sites is 1. The van der Waals surface area contributed by atoms with Gasteiger partial charge < -0.3 is 9.40 Å². The third kappa shape index (κ3) is 3.92. The summed E-state index contributed by atoms with van der Waals surface area (Å²) in [7, 11) is 0. The van der Waals surface area contributed by atoms with E-state index in [1.165, 1.54) is 5.69 Å². The molecule has 0 radical (unpaired) electrons. The van der Waals surface area contributed by atoms with E-state index in [4.69, 9.17) is 4.84 Å². The van der Waals surface area contributed by atoms with Gasteiger partial charge in [0.15, 0.2) is 0 Å². The number of hydrogen-bond acceptors (Lipinski definition) is 3. The van der Waals surface area contributed by atoms with Crippen LogP contribution in [0.1, 0.15) is 47.6 Å². The Morgan fingerprint density at radius 3 is 2.48 bits per heavy atom. The minimum atomic E-state index is -0.464. The number of hydrogen-bond donors (Lipinski definition) is 0. The molecule has 4 nitrogen and oxygen atoms in total. The van der Waals surface area contributed by atoms with Crippen LogP contribution in [0, 0.1) is 12.3 Å². The van der Waals surface area contributed by atoms with E-state index in [2.05, 4.69) is 64.6 Å². The van der Waals surface area contributed by atoms with Gasteiger partial charge in [-0.2, -0.15) is 0 Å². The Balaban J connectivity index is 1.73. The Bertz CT molecular complexity index is 1100. The van der Waals surface area contributed by atoms with E-state index in [-0.39, 0.29) is 5.41 Å². The first-order valence-electron chi connectivity index (χ1n) is 9.65. The normalized spacial score (nSPS) is 16.5. The maximum atomic E-state index is 12.5. The van der Waals surface area contributed by atoms with Gasteiger partial charge in [-0.1, -0.05) is 49.3 Å². The van der Waals surface area contributed by atoms with E-state index in [1.807, 2.05) is 30.3 Å². The third-order valence-corrected chi connectivity index (χ3v) is 5.93. The lowest BCUT2D eigenvalue weighted by Gasteiger charge is -2.31. The van der Waals surface area contributed by atoms with Crippen molar-refractivity contribution in [2.45, 2.75) is 33.6 Å². The molecule has 0 saturated carbocycles. The Hall–Kier alpha value is -2.66. The molecule has 0 saturated heterocycles. The highest BCUT2D eigenvalue weighted by atomic mass is 79.9. The van der Waals surface area contributed by atoms with Crippen molar-refractivity contribution in [1.82, 2.24) is 4.57 Å². The molecule has 0 atom stereocenters. The number of carbonyl (C=O) groups excluding carboxylic acids is 1. The second kappa shape index (κ2) is 7.64. The average molecular weight is 451 g/mol. The van der Waals surface area contributed by atoms with Crippen molar-refractivity contribution in [3.63, 3.8) is 0 Å². The van der Waals surface area contributed by atoms with Crippen molar-refractivity contribution in [2.24, 2.45) is 10.6 Å². The molecule has 0 spiro atoms. The lowest BCUT2D eigenvalue weighted by molar-refractivity contribution is 0.0513. The summed E-state index contributed by atoms with van der Waals surface area (Å²) in [4.78, 5) is 17.9. The lowest BCUT2D eigenvalue weighted by atomic mass is 9.76. The average Bonchev–Trinajstić information content (AvgIpc) is 3.01. The van der Waals surface area contributed by atoms with Gasteiger partial charge in [-0.05, 0) is 71.4 Å². The Kier molecular flexibility index (Phi) is 5.17. The molecule has 0 fully saturated rings. The molecule has 0 unspecified atom stereocenters. The fraction of sp³-hybridized carbons (Fsp3) is 0.250. The Morgan fingerprint density at radius 2 is 1.76 bits per heavy atom. The quantitative estimate of drug-likeness (QED) is 0.358. The summed E-state index contributed by atoms with van der Waals surface area (Å²) in [5.41, 5.74) is 5.84. The van der Waals surface area contributed by atoms with E-state index in [1.54, 1.807) is 12.1 Å². The predicted octanol–water partition coefficient (Wildman–Crippen LogP) is 6.08. The van der Waals surface area contributed by atoms with Crippen LogP contribution in [0.4, 0.5) is 0 Å². The van der Waals surface area contributed by atoms with E-state index >= 15 is 0 Å². The Morgan fingerprint density at radius 1 is 1.07 bits per heavy atom. The molecule has 1 aliphatic rings. The summed E-state index contributed by atoms with van der Waals surface area (Å²) >= 11 is 3.39. The number of aromatic nitrogens is 1. The van der Waals surface area contributed by atoms with Crippen molar-refractivity contribution >= 4 is 27.6 Å². The Labute approximate surface area is 179 Å². The van der Waals surface area contributed by atoms with Gasteiger partial charge in [0.2, 0.25) is 0 Å². The van der Waals surface area contributed by atoms with Crippen LogP contribution >= 0.6 is 15.9 Å². The SMILES string of the molecule is Cc1cc2c(n1-c1ccccc1)CC(C)(C)C/C2=N\OC(=O)c1ccccc1Br. The molecule has 1 heterocycles. The molecule has 4 rings (SSSR count). The molecule has 29 heavy (non-hydrogen) atoms. The van der Waals surface area contributed by atoms with Crippen molar-refractivity contribution in [3.8, 4) is 5.69 Å². The second-order valence-corrected chi connectivity index (χ2v) is 9.09. The molecule has 148 valence electrons. The minimum absolute atomic E-state index is 0.0168. The summed E-state index contributed by atoms with van der Waals surface area (Å²) in [5, 5.41) is 4.32. The maximum absolute atomic E-state index is 12.5. The predicted molar refractivity (Wildman–Crippen MR) is 119 cm³/mol. The molecule has 2 aromatic carbocycles. The molecular weight excluding hydrogens is 428 g/mol. The van der Waals surface area contributed by atoms with Crippen LogP contribution in [0.15, 0.2) is 70.3 Å². The topological polar surface area (TPSA) is 43.6 Å². The van der Waals surface area contributed by atoms with Crippen LogP contribution < -0.4 is 0 Å². The summed E-state index contributed by atoms with van der Waals surface area (Å²) < 4.78 is 2.97. The van der Waals surface area contributed by atoms with E-state index in [0.29, 0.717) is 10.0 Å². The van der Waals surface area contributed by atoms with Crippen LogP contribution in [0.2, 0.25) is 0 Å². The van der Waals surface area contributed by atoms with E-state index < -0.39 is 5.97 Å². The summed E-state index contributed by atoms with van der Waals surface area (Å²) in [5.74, 6) is -0.464. The number of benzene rings is 2. The molecular formula is C24H23BrN2O2. The highest BCUT2D eigenvalue weighted by Crippen LogP contribution is 2.38. The second-order valence-electron chi connectivity index (χ2n) is 8.23. The highest BCUT2D eigenvalue weighted by Gasteiger charge is 2.33. The maximum Gasteiger partial charge on any atom is 0.366 e. The van der Waals surface area contributed by atoms with Gasteiger partial charge in [0.25, 0.3) is 0 Å². The first-order valence-corrected chi connectivity index (χ1v) is 10.4. The van der Waals surface area contributed by atoms with Crippen LogP contribution in [0.3, 0.4) is 0 Å². The van der Waals surface area contributed by atoms with Crippen LogP contribution in [0.25, 0.3) is 5.69 Å². The number of fused-ring (bicyclic) bond motifs is 1. The summed E-state index contributed by atoms with van der Waals surface area (Å²) in [6.45, 7) is 6.54. The smallest absolute Gasteiger partial charge is 0.318 e. The molecule has 1 aromatic heterocycles. The molecule has 0 aliphatic heterocycles. The van der Waals surface area contributed by atoms with Crippen molar-refractivity contribution in [3.05, 3.63) is 87.7 Å². The monoisotopic (exact) mass is 450 g/mol. The van der Waals surface area contributed by atoms with Gasteiger partial charge in [0.1, 0.15) is 0 Å². The van der Waals surface area contributed by atoms with Crippen molar-refractivity contribution in [2.75, 3.05) is 0 Å². The zero-order valence-corrected chi connectivity index (χ0v) is 18.4. The van der Waals surface area contributed by atoms with Crippen LogP contribution in [0.5, 0.6) is 0 Å². The molecule has 0 N–H and O–H groups in total. The molecule has 0 amide bonds. The number of nitrogens with zero attached hydrogens (tertiary/aromatic N) is 2. The lowest BCUT2D eigenvalue weighted by Crippen LogP contribution is -2.28. The van der Waals surface area contributed by atoms with E-state index in [0.717, 1.165) is 35.5 Å². The number of rotatable bonds is 3. The number of carbonyl (C=O) groups is 1. The zero-order chi connectivity index (χ0) is 20.6. The summed E-state index contributed by atoms with van der Waals surface area (Å²) in [6, 6.07) is 19.7. The first kappa shape index (κ1) is 19.6. The first-order chi connectivity index (χ1) is 13.9. The largest absolute Gasteiger partial charge is 0.366 e. The van der Waals surface area contributed by atoms with Gasteiger partial charge in [-0.15, -0.1) is 0 Å². The minimum Gasteiger partial charge on any atom is -0.318 e. The van der Waals surface area contributed by atoms with Crippen LogP contribution in [-0.4, -0.2) is 16.2 Å². The third-order valence-electron chi connectivity index (χ3n) is 5.24. The number of oxime groups is 1. The van der Waals surface area contributed by atoms with Gasteiger partial charge >= 0.3 is 5.97 Å². The molecule has 1 aliphatic carbocycles. The number of halogens is 1. The fourth-order valence-corrected chi connectivity index (χ4v) is 4.42. The fourth-order valence-electron chi connectivity index (χ4n) is 3.97. The molecule has 5 heteroatoms. The molecule has 0 bridgehead atoms. The van der Waals surface area contributed by atoms with Gasteiger partial charge in [-0.3, -0.25) is 0 Å². The highest BCUT2D eigenvalue weighted by molar-refractivity contribution is 9.10. The molecule has 3 aromatic rings. The summed E-state index contributed by atoms with van der Waals surface area (Å²) in [6.07, 6.45) is 1.68. The number of aryl methyl sites for hydroxylation is 1. The van der Waals surface area contributed by atoms with Crippen LogP contribution in [-0.2, 0) is 11.3 Å². The van der Waals surface area contributed by atoms with Crippen molar-refractivity contribution in [1.29, 1.82) is 0 Å². The van der Waals surface area contributed by atoms with Gasteiger partial charge in [0, 0.05) is 27.1 Å². The van der Waals surface area contributed by atoms with Gasteiger partial charge in [-0.25, -0.2) is 4.79 Å². The van der Waals surface area contributed by atoms with Crippen molar-refractivity contribution < 1.29 is 9.63 Å².